The minimum Gasteiger partial charge on any atom is -0.329 e. The Morgan fingerprint density at radius 1 is 1.45 bits per heavy atom. The highest BCUT2D eigenvalue weighted by molar-refractivity contribution is 7.92. The molecule has 2 N–H and O–H groups in total. The van der Waals surface area contributed by atoms with Gasteiger partial charge in [0.2, 0.25) is 0 Å². The summed E-state index contributed by atoms with van der Waals surface area (Å²) in [5.41, 5.74) is 5.01. The van der Waals surface area contributed by atoms with Crippen molar-refractivity contribution < 1.29 is 17.2 Å². The van der Waals surface area contributed by atoms with Crippen molar-refractivity contribution in [2.45, 2.75) is 18.6 Å². The van der Waals surface area contributed by atoms with Crippen LogP contribution in [-0.4, -0.2) is 32.4 Å². The van der Waals surface area contributed by atoms with E-state index in [1.54, 1.807) is 0 Å². The van der Waals surface area contributed by atoms with Gasteiger partial charge in [-0.2, -0.15) is 0 Å². The van der Waals surface area contributed by atoms with Crippen molar-refractivity contribution in [3.05, 3.63) is 0 Å². The van der Waals surface area contributed by atoms with Gasteiger partial charge in [-0.3, -0.25) is 0 Å². The molecule has 1 atom stereocenters. The lowest BCUT2D eigenvalue weighted by atomic mass is 10.5. The molecule has 0 aliphatic rings. The molecule has 0 fully saturated rings. The van der Waals surface area contributed by atoms with Gasteiger partial charge in [0.15, 0.2) is 9.84 Å². The van der Waals surface area contributed by atoms with Gasteiger partial charge in [0.25, 0.3) is 6.43 Å². The van der Waals surface area contributed by atoms with Crippen molar-refractivity contribution in [2.75, 3.05) is 12.3 Å². The second-order valence-electron chi connectivity index (χ2n) is 2.27. The molecule has 0 aromatic rings. The number of alkyl halides is 2. The molecule has 0 aromatic heterocycles. The van der Waals surface area contributed by atoms with Gasteiger partial charge in [0.05, 0.1) is 5.25 Å². The number of hydrogen-bond acceptors (Lipinski definition) is 3. The average molecular weight is 187 g/mol. The van der Waals surface area contributed by atoms with Gasteiger partial charge in [-0.25, -0.2) is 17.2 Å². The van der Waals surface area contributed by atoms with E-state index in [1.165, 1.54) is 6.92 Å². The molecule has 1 unspecified atom stereocenters. The summed E-state index contributed by atoms with van der Waals surface area (Å²) in [6, 6.07) is 0. The zero-order valence-corrected chi connectivity index (χ0v) is 6.94. The molecule has 0 aromatic carbocycles. The standard InChI is InChI=1S/C5H11F2NO2S/c1-4(2-8)11(9,10)3-5(6)7/h4-5H,2-3,8H2,1H3. The van der Waals surface area contributed by atoms with Crippen LogP contribution in [0.3, 0.4) is 0 Å². The van der Waals surface area contributed by atoms with E-state index in [2.05, 4.69) is 0 Å². The normalized spacial score (nSPS) is 15.4. The van der Waals surface area contributed by atoms with Crippen molar-refractivity contribution >= 4 is 9.84 Å². The van der Waals surface area contributed by atoms with Gasteiger partial charge >= 0.3 is 0 Å². The molecule has 0 saturated carbocycles. The minimum absolute atomic E-state index is 0.116. The van der Waals surface area contributed by atoms with Gasteiger partial charge < -0.3 is 5.73 Å². The Labute approximate surface area is 64.5 Å². The Kier molecular flexibility index (Phi) is 3.88. The van der Waals surface area contributed by atoms with Crippen molar-refractivity contribution in [1.82, 2.24) is 0 Å². The van der Waals surface area contributed by atoms with Crippen molar-refractivity contribution in [3.63, 3.8) is 0 Å². The lowest BCUT2D eigenvalue weighted by Gasteiger charge is -2.08. The fraction of sp³-hybridized carbons (Fsp3) is 1.00. The van der Waals surface area contributed by atoms with E-state index in [9.17, 15) is 17.2 Å². The first-order chi connectivity index (χ1) is 4.90. The summed E-state index contributed by atoms with van der Waals surface area (Å²) in [6.07, 6.45) is -2.81. The van der Waals surface area contributed by atoms with Crippen LogP contribution in [0, 0.1) is 0 Å². The molecule has 0 aliphatic carbocycles. The van der Waals surface area contributed by atoms with E-state index in [-0.39, 0.29) is 6.54 Å². The first kappa shape index (κ1) is 10.8. The molecule has 6 heteroatoms. The predicted octanol–water partition coefficient (Wildman–Crippen LogP) is 0.0135. The Hall–Kier alpha value is -0.230. The summed E-state index contributed by atoms with van der Waals surface area (Å²) in [7, 11) is -3.68. The summed E-state index contributed by atoms with van der Waals surface area (Å²) in [6.45, 7) is 1.20. The van der Waals surface area contributed by atoms with Crippen molar-refractivity contribution in [1.29, 1.82) is 0 Å². The summed E-state index contributed by atoms with van der Waals surface area (Å²) < 4.78 is 44.8. The van der Waals surface area contributed by atoms with Crippen LogP contribution < -0.4 is 5.73 Å². The molecular formula is C5H11F2NO2S. The highest BCUT2D eigenvalue weighted by Gasteiger charge is 2.23. The smallest absolute Gasteiger partial charge is 0.252 e. The van der Waals surface area contributed by atoms with E-state index in [1.807, 2.05) is 0 Å². The molecule has 3 nitrogen and oxygen atoms in total. The fourth-order valence-electron chi connectivity index (χ4n) is 0.486. The fourth-order valence-corrected chi connectivity index (χ4v) is 1.46. The van der Waals surface area contributed by atoms with E-state index < -0.39 is 27.3 Å². The van der Waals surface area contributed by atoms with Crippen LogP contribution in [0.5, 0.6) is 0 Å². The van der Waals surface area contributed by atoms with Crippen molar-refractivity contribution in [3.8, 4) is 0 Å². The first-order valence-electron chi connectivity index (χ1n) is 3.10. The molecule has 0 amide bonds. The maximum Gasteiger partial charge on any atom is 0.252 e. The number of halogens is 2. The number of nitrogens with two attached hydrogens (primary N) is 1. The van der Waals surface area contributed by atoms with Crippen LogP contribution in [0.15, 0.2) is 0 Å². The summed E-state index contributed by atoms with van der Waals surface area (Å²) >= 11 is 0. The van der Waals surface area contributed by atoms with Crippen LogP contribution in [0.2, 0.25) is 0 Å². The molecule has 68 valence electrons. The Morgan fingerprint density at radius 3 is 2.18 bits per heavy atom. The highest BCUT2D eigenvalue weighted by atomic mass is 32.2. The summed E-state index contributed by atoms with van der Waals surface area (Å²) in [4.78, 5) is 0. The van der Waals surface area contributed by atoms with Gasteiger partial charge in [-0.15, -0.1) is 0 Å². The van der Waals surface area contributed by atoms with E-state index >= 15 is 0 Å². The predicted molar refractivity (Wildman–Crippen MR) is 38.3 cm³/mol. The van der Waals surface area contributed by atoms with Crippen LogP contribution in [0.1, 0.15) is 6.92 Å². The topological polar surface area (TPSA) is 60.2 Å². The zero-order chi connectivity index (χ0) is 9.07. The van der Waals surface area contributed by atoms with Crippen molar-refractivity contribution in [2.24, 2.45) is 5.73 Å². The first-order valence-corrected chi connectivity index (χ1v) is 4.81. The molecule has 0 radical (unpaired) electrons. The largest absolute Gasteiger partial charge is 0.329 e. The van der Waals surface area contributed by atoms with Crippen LogP contribution >= 0.6 is 0 Å². The maximum atomic E-state index is 11.6. The van der Waals surface area contributed by atoms with Gasteiger partial charge in [-0.05, 0) is 6.92 Å². The molecule has 0 bridgehead atoms. The molecule has 0 heterocycles. The number of rotatable bonds is 4. The van der Waals surface area contributed by atoms with Gasteiger partial charge in [-0.1, -0.05) is 0 Å². The molecular weight excluding hydrogens is 176 g/mol. The Balaban J connectivity index is 4.23. The Bertz CT molecular complexity index is 203. The number of hydrogen-bond donors (Lipinski definition) is 1. The molecule has 0 aliphatic heterocycles. The second-order valence-corrected chi connectivity index (χ2v) is 4.73. The third-order valence-electron chi connectivity index (χ3n) is 1.30. The lowest BCUT2D eigenvalue weighted by Crippen LogP contribution is -2.30. The molecule has 0 saturated heterocycles. The quantitative estimate of drug-likeness (QED) is 0.674. The van der Waals surface area contributed by atoms with Gasteiger partial charge in [0.1, 0.15) is 5.75 Å². The monoisotopic (exact) mass is 187 g/mol. The van der Waals surface area contributed by atoms with Crippen LogP contribution in [-0.2, 0) is 9.84 Å². The third kappa shape index (κ3) is 3.62. The summed E-state index contributed by atoms with van der Waals surface area (Å²) in [5.74, 6) is -1.09. The van der Waals surface area contributed by atoms with Gasteiger partial charge in [0, 0.05) is 6.54 Å². The lowest BCUT2D eigenvalue weighted by molar-refractivity contribution is 0.174. The van der Waals surface area contributed by atoms with E-state index in [0.29, 0.717) is 0 Å². The van der Waals surface area contributed by atoms with Crippen LogP contribution in [0.25, 0.3) is 0 Å². The summed E-state index contributed by atoms with van der Waals surface area (Å²) in [5, 5.41) is -0.878. The average Bonchev–Trinajstić information content (AvgIpc) is 1.83. The van der Waals surface area contributed by atoms with E-state index in [4.69, 9.17) is 5.73 Å². The van der Waals surface area contributed by atoms with E-state index in [0.717, 1.165) is 0 Å². The SMILES string of the molecule is CC(CN)S(=O)(=O)CC(F)F. The Morgan fingerprint density at radius 2 is 1.91 bits per heavy atom. The molecule has 0 spiro atoms. The zero-order valence-electron chi connectivity index (χ0n) is 6.13. The van der Waals surface area contributed by atoms with Crippen LogP contribution in [0.4, 0.5) is 8.78 Å². The number of sulfone groups is 1. The minimum atomic E-state index is -3.68. The maximum absolute atomic E-state index is 11.6. The highest BCUT2D eigenvalue weighted by Crippen LogP contribution is 2.05. The molecule has 11 heavy (non-hydrogen) atoms. The second kappa shape index (κ2) is 3.96. The third-order valence-corrected chi connectivity index (χ3v) is 3.44. The molecule has 0 rings (SSSR count).